The van der Waals surface area contributed by atoms with Gasteiger partial charge in [0.2, 0.25) is 5.88 Å². The first-order valence-corrected chi connectivity index (χ1v) is 7.66. The number of urea groups is 1. The van der Waals surface area contributed by atoms with Crippen LogP contribution in [0.5, 0.6) is 5.88 Å². The normalized spacial score (nSPS) is 10.0. The van der Waals surface area contributed by atoms with Crippen LogP contribution in [0.2, 0.25) is 0 Å². The third-order valence-corrected chi connectivity index (χ3v) is 3.79. The van der Waals surface area contributed by atoms with Gasteiger partial charge >= 0.3 is 6.03 Å². The highest BCUT2D eigenvalue weighted by Gasteiger charge is 2.06. The minimum absolute atomic E-state index is 0.284. The van der Waals surface area contributed by atoms with E-state index < -0.39 is 0 Å². The van der Waals surface area contributed by atoms with Gasteiger partial charge in [-0.05, 0) is 45.8 Å². The maximum absolute atomic E-state index is 11.9. The van der Waals surface area contributed by atoms with E-state index in [1.54, 1.807) is 19.4 Å². The molecule has 1 heterocycles. The molecule has 0 fully saturated rings. The monoisotopic (exact) mass is 413 g/mol. The molecule has 21 heavy (non-hydrogen) atoms. The van der Waals surface area contributed by atoms with Crippen molar-refractivity contribution in [2.24, 2.45) is 0 Å². The van der Waals surface area contributed by atoms with Gasteiger partial charge in [0.15, 0.2) is 0 Å². The lowest BCUT2D eigenvalue weighted by molar-refractivity contribution is 0.251. The van der Waals surface area contributed by atoms with E-state index in [1.807, 2.05) is 24.3 Å². The first-order chi connectivity index (χ1) is 10.1. The number of carbonyl (C=O) groups is 1. The summed E-state index contributed by atoms with van der Waals surface area (Å²) in [6.45, 7) is 0.388. The van der Waals surface area contributed by atoms with Crippen LogP contribution in [0.4, 0.5) is 10.5 Å². The summed E-state index contributed by atoms with van der Waals surface area (Å²) >= 11 is 6.75. The predicted molar refractivity (Wildman–Crippen MR) is 88.5 cm³/mol. The number of hydrogen-bond acceptors (Lipinski definition) is 3. The van der Waals surface area contributed by atoms with Crippen LogP contribution in [0, 0.1) is 0 Å². The van der Waals surface area contributed by atoms with Crippen molar-refractivity contribution in [2.75, 3.05) is 12.4 Å². The fourth-order valence-electron chi connectivity index (χ4n) is 1.61. The highest BCUT2D eigenvalue weighted by Crippen LogP contribution is 2.25. The molecule has 5 nitrogen and oxygen atoms in total. The lowest BCUT2D eigenvalue weighted by atomic mass is 10.2. The van der Waals surface area contributed by atoms with Crippen molar-refractivity contribution < 1.29 is 9.53 Å². The van der Waals surface area contributed by atoms with E-state index in [0.717, 1.165) is 14.5 Å². The summed E-state index contributed by atoms with van der Waals surface area (Å²) in [6.07, 6.45) is 1.64. The van der Waals surface area contributed by atoms with Crippen molar-refractivity contribution >= 4 is 43.6 Å². The zero-order chi connectivity index (χ0) is 15.2. The summed E-state index contributed by atoms with van der Waals surface area (Å²) in [6, 6.07) is 8.84. The van der Waals surface area contributed by atoms with Crippen LogP contribution in [0.3, 0.4) is 0 Å². The quantitative estimate of drug-likeness (QED) is 0.796. The Morgan fingerprint density at radius 3 is 2.81 bits per heavy atom. The number of aromatic nitrogens is 1. The molecule has 0 saturated heterocycles. The first-order valence-electron chi connectivity index (χ1n) is 6.07. The molecular weight excluding hydrogens is 402 g/mol. The van der Waals surface area contributed by atoms with Crippen molar-refractivity contribution in [3.8, 4) is 5.88 Å². The predicted octanol–water partition coefficient (Wildman–Crippen LogP) is 3.94. The minimum Gasteiger partial charge on any atom is -0.481 e. The van der Waals surface area contributed by atoms with Gasteiger partial charge in [0.25, 0.3) is 0 Å². The van der Waals surface area contributed by atoms with Crippen LogP contribution in [-0.4, -0.2) is 18.1 Å². The molecule has 0 unspecified atom stereocenters. The molecule has 0 saturated carbocycles. The van der Waals surface area contributed by atoms with Gasteiger partial charge in [-0.15, -0.1) is 0 Å². The number of rotatable bonds is 4. The number of ether oxygens (including phenoxy) is 1. The fraction of sp³-hybridized carbons (Fsp3) is 0.143. The van der Waals surface area contributed by atoms with Gasteiger partial charge in [-0.25, -0.2) is 9.78 Å². The minimum atomic E-state index is -0.284. The lowest BCUT2D eigenvalue weighted by Gasteiger charge is -2.10. The van der Waals surface area contributed by atoms with Gasteiger partial charge in [-0.2, -0.15) is 0 Å². The number of anilines is 1. The molecule has 2 rings (SSSR count). The van der Waals surface area contributed by atoms with Gasteiger partial charge in [-0.1, -0.05) is 15.9 Å². The molecule has 1 aromatic heterocycles. The summed E-state index contributed by atoms with van der Waals surface area (Å²) in [7, 11) is 1.55. The lowest BCUT2D eigenvalue weighted by Crippen LogP contribution is -2.28. The molecule has 2 N–H and O–H groups in total. The number of methoxy groups -OCH3 is 1. The Labute approximate surface area is 139 Å². The van der Waals surface area contributed by atoms with Gasteiger partial charge < -0.3 is 15.4 Å². The average molecular weight is 415 g/mol. The Hall–Kier alpha value is -1.60. The fourth-order valence-corrected chi connectivity index (χ4v) is 2.76. The molecule has 0 radical (unpaired) electrons. The van der Waals surface area contributed by atoms with Crippen LogP contribution in [0.25, 0.3) is 0 Å². The third-order valence-electron chi connectivity index (χ3n) is 2.64. The largest absolute Gasteiger partial charge is 0.481 e. The summed E-state index contributed by atoms with van der Waals surface area (Å²) in [5.41, 5.74) is 1.61. The maximum atomic E-state index is 11.9. The van der Waals surface area contributed by atoms with E-state index >= 15 is 0 Å². The van der Waals surface area contributed by atoms with E-state index in [4.69, 9.17) is 4.74 Å². The van der Waals surface area contributed by atoms with Crippen molar-refractivity contribution in [3.63, 3.8) is 0 Å². The Morgan fingerprint density at radius 1 is 1.29 bits per heavy atom. The molecule has 0 atom stereocenters. The molecule has 0 aliphatic rings. The van der Waals surface area contributed by atoms with Crippen molar-refractivity contribution in [2.45, 2.75) is 6.54 Å². The summed E-state index contributed by atoms with van der Waals surface area (Å²) < 4.78 is 6.77. The second-order valence-electron chi connectivity index (χ2n) is 4.14. The number of carbonyl (C=O) groups excluding carboxylic acids is 1. The number of benzene rings is 1. The molecule has 2 amide bonds. The second kappa shape index (κ2) is 7.42. The molecule has 0 aliphatic carbocycles. The van der Waals surface area contributed by atoms with Gasteiger partial charge in [0, 0.05) is 27.8 Å². The maximum Gasteiger partial charge on any atom is 0.319 e. The van der Waals surface area contributed by atoms with E-state index in [1.165, 1.54) is 0 Å². The van der Waals surface area contributed by atoms with Crippen molar-refractivity contribution in [1.82, 2.24) is 10.3 Å². The molecule has 0 spiro atoms. The standard InChI is InChI=1S/C14H13Br2N3O2/c1-21-13-6-9(4-5-17-13)8-18-14(20)19-12-3-2-10(15)7-11(12)16/h2-7H,8H2,1H3,(H2,18,19,20). The van der Waals surface area contributed by atoms with E-state index in [2.05, 4.69) is 47.5 Å². The average Bonchev–Trinajstić information content (AvgIpc) is 2.48. The molecule has 7 heteroatoms. The summed E-state index contributed by atoms with van der Waals surface area (Å²) in [5, 5.41) is 5.55. The number of amides is 2. The highest BCUT2D eigenvalue weighted by molar-refractivity contribution is 9.11. The van der Waals surface area contributed by atoms with E-state index in [-0.39, 0.29) is 6.03 Å². The van der Waals surface area contributed by atoms with Crippen LogP contribution in [0.1, 0.15) is 5.56 Å². The number of pyridine rings is 1. The number of hydrogen-bond donors (Lipinski definition) is 2. The zero-order valence-corrected chi connectivity index (χ0v) is 14.4. The van der Waals surface area contributed by atoms with E-state index in [0.29, 0.717) is 18.1 Å². The number of halogens is 2. The molecule has 2 aromatic rings. The van der Waals surface area contributed by atoms with Crippen molar-refractivity contribution in [1.29, 1.82) is 0 Å². The summed E-state index contributed by atoms with van der Waals surface area (Å²) in [4.78, 5) is 15.9. The third kappa shape index (κ3) is 4.71. The number of nitrogens with zero attached hydrogens (tertiary/aromatic N) is 1. The van der Waals surface area contributed by atoms with Crippen LogP contribution >= 0.6 is 31.9 Å². The van der Waals surface area contributed by atoms with Gasteiger partial charge in [0.05, 0.1) is 12.8 Å². The molecule has 110 valence electrons. The topological polar surface area (TPSA) is 63.2 Å². The van der Waals surface area contributed by atoms with E-state index in [9.17, 15) is 4.79 Å². The van der Waals surface area contributed by atoms with Crippen LogP contribution in [-0.2, 0) is 6.54 Å². The van der Waals surface area contributed by atoms with Crippen molar-refractivity contribution in [3.05, 3.63) is 51.0 Å². The highest BCUT2D eigenvalue weighted by atomic mass is 79.9. The van der Waals surface area contributed by atoms with Crippen LogP contribution in [0.15, 0.2) is 45.5 Å². The second-order valence-corrected chi connectivity index (χ2v) is 5.91. The molecule has 1 aromatic carbocycles. The smallest absolute Gasteiger partial charge is 0.319 e. The summed E-state index contributed by atoms with van der Waals surface area (Å²) in [5.74, 6) is 0.519. The molecule has 0 aliphatic heterocycles. The Kier molecular flexibility index (Phi) is 5.58. The molecular formula is C14H13Br2N3O2. The first kappa shape index (κ1) is 15.8. The molecule has 0 bridgehead atoms. The SMILES string of the molecule is COc1cc(CNC(=O)Nc2ccc(Br)cc2Br)ccn1. The Morgan fingerprint density at radius 2 is 2.10 bits per heavy atom. The van der Waals surface area contributed by atoms with Crippen LogP contribution < -0.4 is 15.4 Å². The van der Waals surface area contributed by atoms with Gasteiger partial charge in [-0.3, -0.25) is 0 Å². The Bertz CT molecular complexity index is 650. The Balaban J connectivity index is 1.92. The van der Waals surface area contributed by atoms with Gasteiger partial charge in [0.1, 0.15) is 0 Å². The zero-order valence-electron chi connectivity index (χ0n) is 11.2. The number of nitrogens with one attached hydrogen (secondary N) is 2.